The van der Waals surface area contributed by atoms with E-state index in [2.05, 4.69) is 5.32 Å². The van der Waals surface area contributed by atoms with Crippen LogP contribution in [0.1, 0.15) is 6.92 Å². The lowest BCUT2D eigenvalue weighted by Gasteiger charge is -2.14. The van der Waals surface area contributed by atoms with Crippen LogP contribution >= 0.6 is 11.6 Å². The monoisotopic (exact) mass is 363 g/mol. The van der Waals surface area contributed by atoms with E-state index < -0.39 is 24.6 Å². The molecule has 132 valence electrons. The number of methoxy groups -OCH3 is 1. The first-order valence-electron chi connectivity index (χ1n) is 7.50. The van der Waals surface area contributed by atoms with E-state index in [-0.39, 0.29) is 0 Å². The molecule has 0 spiro atoms. The number of nitrogens with one attached hydrogen (secondary N) is 1. The Labute approximate surface area is 150 Å². The van der Waals surface area contributed by atoms with Crippen LogP contribution < -0.4 is 14.8 Å². The van der Waals surface area contributed by atoms with Crippen LogP contribution in [-0.2, 0) is 14.3 Å². The van der Waals surface area contributed by atoms with E-state index >= 15 is 0 Å². The second kappa shape index (κ2) is 8.94. The van der Waals surface area contributed by atoms with E-state index in [1.54, 1.807) is 48.5 Å². The Morgan fingerprint density at radius 2 is 1.84 bits per heavy atom. The van der Waals surface area contributed by atoms with Gasteiger partial charge in [-0.1, -0.05) is 17.7 Å². The Balaban J connectivity index is 1.79. The van der Waals surface area contributed by atoms with Crippen molar-refractivity contribution in [2.75, 3.05) is 19.0 Å². The SMILES string of the molecule is COc1cccc(NC(=O)COC(=O)[C@H](C)Oc2ccc(Cl)cc2)c1. The fraction of sp³-hybridized carbons (Fsp3) is 0.222. The molecule has 0 saturated heterocycles. The molecule has 0 saturated carbocycles. The predicted octanol–water partition coefficient (Wildman–Crippen LogP) is 3.30. The molecule has 0 radical (unpaired) electrons. The molecule has 0 aliphatic heterocycles. The van der Waals surface area contributed by atoms with E-state index in [0.29, 0.717) is 22.2 Å². The van der Waals surface area contributed by atoms with Crippen molar-refractivity contribution in [2.45, 2.75) is 13.0 Å². The zero-order valence-corrected chi connectivity index (χ0v) is 14.6. The van der Waals surface area contributed by atoms with Gasteiger partial charge in [0.2, 0.25) is 0 Å². The summed E-state index contributed by atoms with van der Waals surface area (Å²) in [6.45, 7) is 1.13. The highest BCUT2D eigenvalue weighted by Gasteiger charge is 2.18. The molecule has 0 fully saturated rings. The van der Waals surface area contributed by atoms with E-state index in [9.17, 15) is 9.59 Å². The molecule has 1 atom stereocenters. The Morgan fingerprint density at radius 3 is 2.52 bits per heavy atom. The van der Waals surface area contributed by atoms with Crippen LogP contribution in [0.4, 0.5) is 5.69 Å². The van der Waals surface area contributed by atoms with E-state index in [1.165, 1.54) is 14.0 Å². The molecule has 2 aromatic carbocycles. The maximum Gasteiger partial charge on any atom is 0.347 e. The summed E-state index contributed by atoms with van der Waals surface area (Å²) in [6.07, 6.45) is -0.856. The molecule has 25 heavy (non-hydrogen) atoms. The molecule has 0 aliphatic carbocycles. The zero-order valence-electron chi connectivity index (χ0n) is 13.8. The van der Waals surface area contributed by atoms with Gasteiger partial charge in [0.1, 0.15) is 11.5 Å². The normalized spacial score (nSPS) is 11.3. The number of anilines is 1. The summed E-state index contributed by atoms with van der Waals surface area (Å²) in [5.41, 5.74) is 0.547. The highest BCUT2D eigenvalue weighted by molar-refractivity contribution is 6.30. The minimum Gasteiger partial charge on any atom is -0.497 e. The van der Waals surface area contributed by atoms with Gasteiger partial charge in [0.15, 0.2) is 12.7 Å². The minimum absolute atomic E-state index is 0.412. The van der Waals surface area contributed by atoms with Crippen molar-refractivity contribution in [1.29, 1.82) is 0 Å². The Hall–Kier alpha value is -2.73. The molecule has 7 heteroatoms. The van der Waals surface area contributed by atoms with Crippen molar-refractivity contribution in [3.8, 4) is 11.5 Å². The standard InChI is InChI=1S/C18H18ClNO5/c1-12(25-15-8-6-13(19)7-9-15)18(22)24-11-17(21)20-14-4-3-5-16(10-14)23-2/h3-10,12H,11H2,1-2H3,(H,20,21)/t12-/m0/s1. The first kappa shape index (κ1) is 18.6. The maximum atomic E-state index is 11.9. The van der Waals surface area contributed by atoms with Crippen LogP contribution in [0, 0.1) is 0 Å². The van der Waals surface area contributed by atoms with Gasteiger partial charge in [0, 0.05) is 16.8 Å². The summed E-state index contributed by atoms with van der Waals surface area (Å²) in [7, 11) is 1.53. The maximum absolute atomic E-state index is 11.9. The summed E-state index contributed by atoms with van der Waals surface area (Å²) in [5, 5.41) is 3.18. The van der Waals surface area contributed by atoms with Gasteiger partial charge in [0.25, 0.3) is 5.91 Å². The van der Waals surface area contributed by atoms with Crippen molar-refractivity contribution in [3.05, 3.63) is 53.6 Å². The van der Waals surface area contributed by atoms with E-state index in [1.807, 2.05) is 0 Å². The molecular formula is C18H18ClNO5. The summed E-state index contributed by atoms with van der Waals surface area (Å²) in [4.78, 5) is 23.7. The fourth-order valence-corrected chi connectivity index (χ4v) is 2.04. The average molecular weight is 364 g/mol. The number of esters is 1. The number of amides is 1. The highest BCUT2D eigenvalue weighted by atomic mass is 35.5. The highest BCUT2D eigenvalue weighted by Crippen LogP contribution is 2.18. The largest absolute Gasteiger partial charge is 0.497 e. The lowest BCUT2D eigenvalue weighted by Crippen LogP contribution is -2.29. The molecular weight excluding hydrogens is 346 g/mol. The third kappa shape index (κ3) is 6.00. The number of benzene rings is 2. The van der Waals surface area contributed by atoms with Gasteiger partial charge < -0.3 is 19.5 Å². The van der Waals surface area contributed by atoms with Gasteiger partial charge in [-0.3, -0.25) is 4.79 Å². The Kier molecular flexibility index (Phi) is 6.65. The number of halogens is 1. The molecule has 0 bridgehead atoms. The molecule has 1 N–H and O–H groups in total. The van der Waals surface area contributed by atoms with Crippen LogP contribution in [0.3, 0.4) is 0 Å². The zero-order chi connectivity index (χ0) is 18.2. The van der Waals surface area contributed by atoms with Crippen molar-refractivity contribution < 1.29 is 23.8 Å². The smallest absolute Gasteiger partial charge is 0.347 e. The number of carbonyl (C=O) groups is 2. The quantitative estimate of drug-likeness (QED) is 0.764. The van der Waals surface area contributed by atoms with Crippen LogP contribution in [0.25, 0.3) is 0 Å². The lowest BCUT2D eigenvalue weighted by molar-refractivity contribution is -0.153. The van der Waals surface area contributed by atoms with Gasteiger partial charge >= 0.3 is 5.97 Å². The molecule has 0 heterocycles. The third-order valence-corrected chi connectivity index (χ3v) is 3.41. The lowest BCUT2D eigenvalue weighted by atomic mass is 10.3. The number of hydrogen-bond acceptors (Lipinski definition) is 5. The summed E-state index contributed by atoms with van der Waals surface area (Å²) >= 11 is 5.78. The van der Waals surface area contributed by atoms with E-state index in [0.717, 1.165) is 0 Å². The van der Waals surface area contributed by atoms with Gasteiger partial charge in [-0.15, -0.1) is 0 Å². The molecule has 0 unspecified atom stereocenters. The predicted molar refractivity (Wildman–Crippen MR) is 94.1 cm³/mol. The van der Waals surface area contributed by atoms with Crippen molar-refractivity contribution in [1.82, 2.24) is 0 Å². The molecule has 6 nitrogen and oxygen atoms in total. The Morgan fingerprint density at radius 1 is 1.12 bits per heavy atom. The van der Waals surface area contributed by atoms with Crippen LogP contribution in [0.5, 0.6) is 11.5 Å². The summed E-state index contributed by atoms with van der Waals surface area (Å²) < 4.78 is 15.5. The van der Waals surface area contributed by atoms with Crippen LogP contribution in [0.2, 0.25) is 5.02 Å². The number of rotatable bonds is 7. The molecule has 0 aromatic heterocycles. The average Bonchev–Trinajstić information content (AvgIpc) is 2.61. The minimum atomic E-state index is -0.856. The Bertz CT molecular complexity index is 733. The third-order valence-electron chi connectivity index (χ3n) is 3.16. The number of carbonyl (C=O) groups excluding carboxylic acids is 2. The second-order valence-corrected chi connectivity index (χ2v) is 5.54. The summed E-state index contributed by atoms with van der Waals surface area (Å²) in [6, 6.07) is 13.4. The first-order valence-corrected chi connectivity index (χ1v) is 7.88. The molecule has 1 amide bonds. The van der Waals surface area contributed by atoms with Crippen molar-refractivity contribution in [2.24, 2.45) is 0 Å². The molecule has 2 rings (SSSR count). The first-order chi connectivity index (χ1) is 12.0. The summed E-state index contributed by atoms with van der Waals surface area (Å²) in [5.74, 6) is -0.00879. The van der Waals surface area contributed by atoms with E-state index in [4.69, 9.17) is 25.8 Å². The fourth-order valence-electron chi connectivity index (χ4n) is 1.92. The van der Waals surface area contributed by atoms with Crippen molar-refractivity contribution >= 4 is 29.2 Å². The van der Waals surface area contributed by atoms with Gasteiger partial charge in [-0.25, -0.2) is 4.79 Å². The van der Waals surface area contributed by atoms with Crippen LogP contribution in [-0.4, -0.2) is 31.7 Å². The van der Waals surface area contributed by atoms with Gasteiger partial charge in [0.05, 0.1) is 7.11 Å². The van der Waals surface area contributed by atoms with Crippen LogP contribution in [0.15, 0.2) is 48.5 Å². The van der Waals surface area contributed by atoms with Gasteiger partial charge in [-0.2, -0.15) is 0 Å². The second-order valence-electron chi connectivity index (χ2n) is 5.10. The van der Waals surface area contributed by atoms with Gasteiger partial charge in [-0.05, 0) is 43.3 Å². The number of ether oxygens (including phenoxy) is 3. The van der Waals surface area contributed by atoms with Crippen molar-refractivity contribution in [3.63, 3.8) is 0 Å². The topological polar surface area (TPSA) is 73.9 Å². The number of hydrogen-bond donors (Lipinski definition) is 1. The molecule has 2 aromatic rings. The molecule has 0 aliphatic rings.